The molecule has 0 amide bonds. The predicted molar refractivity (Wildman–Crippen MR) is 85.1 cm³/mol. The van der Waals surface area contributed by atoms with Crippen molar-refractivity contribution in [2.24, 2.45) is 7.05 Å². The maximum atomic E-state index is 11.9. The van der Waals surface area contributed by atoms with Crippen LogP contribution in [0, 0.1) is 27.7 Å². The van der Waals surface area contributed by atoms with E-state index in [0.717, 1.165) is 16.5 Å². The van der Waals surface area contributed by atoms with E-state index in [9.17, 15) is 4.79 Å². The molecule has 1 N–H and O–H groups in total. The molecule has 21 heavy (non-hydrogen) atoms. The highest BCUT2D eigenvalue weighted by Crippen LogP contribution is 2.35. The first-order valence-electron chi connectivity index (χ1n) is 7.04. The lowest BCUT2D eigenvalue weighted by atomic mass is 10.0. The van der Waals surface area contributed by atoms with Crippen LogP contribution in [0.2, 0.25) is 0 Å². The third kappa shape index (κ3) is 1.65. The van der Waals surface area contributed by atoms with Gasteiger partial charge in [-0.2, -0.15) is 0 Å². The molecule has 1 aromatic carbocycles. The average Bonchev–Trinajstić information content (AvgIpc) is 2.90. The molecule has 0 aliphatic heterocycles. The molecule has 4 nitrogen and oxygen atoms in total. The molecular formula is C17H20N2O2. The standard InChI is InChI=1S/C17H20N2O2/c1-8-11(4)19(5)13-7-12-14(9(2)15(8)13)10(3)16(18-12)17(20)21-6/h7,18H,1-6H3. The predicted octanol–water partition coefficient (Wildman–Crippen LogP) is 3.68. The van der Waals surface area contributed by atoms with Gasteiger partial charge in [0.2, 0.25) is 0 Å². The minimum Gasteiger partial charge on any atom is -0.464 e. The van der Waals surface area contributed by atoms with Crippen molar-refractivity contribution in [3.05, 3.63) is 34.1 Å². The normalized spacial score (nSPS) is 11.5. The van der Waals surface area contributed by atoms with Gasteiger partial charge in [0.05, 0.1) is 12.6 Å². The number of benzene rings is 1. The molecule has 0 atom stereocenters. The Hall–Kier alpha value is -2.23. The van der Waals surface area contributed by atoms with Crippen LogP contribution in [-0.2, 0) is 11.8 Å². The van der Waals surface area contributed by atoms with Crippen LogP contribution in [0.15, 0.2) is 6.07 Å². The number of aromatic amines is 1. The Morgan fingerprint density at radius 2 is 1.76 bits per heavy atom. The summed E-state index contributed by atoms with van der Waals surface area (Å²) in [4.78, 5) is 15.1. The molecule has 2 aromatic heterocycles. The van der Waals surface area contributed by atoms with Crippen LogP contribution in [-0.4, -0.2) is 22.6 Å². The summed E-state index contributed by atoms with van der Waals surface area (Å²) in [5.41, 5.74) is 7.45. The molecule has 0 bridgehead atoms. The summed E-state index contributed by atoms with van der Waals surface area (Å²) in [5, 5.41) is 2.40. The van der Waals surface area contributed by atoms with E-state index in [1.165, 1.54) is 34.8 Å². The van der Waals surface area contributed by atoms with E-state index in [1.54, 1.807) is 0 Å². The minimum absolute atomic E-state index is 0.319. The Balaban J connectivity index is 2.50. The number of aromatic nitrogens is 2. The summed E-state index contributed by atoms with van der Waals surface area (Å²) in [6.07, 6.45) is 0. The van der Waals surface area contributed by atoms with Gasteiger partial charge in [-0.25, -0.2) is 4.79 Å². The highest BCUT2D eigenvalue weighted by molar-refractivity contribution is 6.07. The smallest absolute Gasteiger partial charge is 0.354 e. The molecule has 0 spiro atoms. The molecule has 110 valence electrons. The highest BCUT2D eigenvalue weighted by Gasteiger charge is 2.20. The molecule has 3 rings (SSSR count). The fourth-order valence-corrected chi connectivity index (χ4v) is 3.39. The van der Waals surface area contributed by atoms with Crippen molar-refractivity contribution in [3.8, 4) is 0 Å². The number of esters is 1. The maximum absolute atomic E-state index is 11.9. The monoisotopic (exact) mass is 284 g/mol. The van der Waals surface area contributed by atoms with E-state index in [0.29, 0.717) is 5.69 Å². The largest absolute Gasteiger partial charge is 0.464 e. The zero-order valence-electron chi connectivity index (χ0n) is 13.3. The molecule has 4 heteroatoms. The summed E-state index contributed by atoms with van der Waals surface area (Å²) in [6.45, 7) is 8.38. The van der Waals surface area contributed by atoms with Crippen LogP contribution in [0.25, 0.3) is 21.8 Å². The summed E-state index contributed by atoms with van der Waals surface area (Å²) in [6, 6.07) is 2.12. The Morgan fingerprint density at radius 3 is 2.38 bits per heavy atom. The van der Waals surface area contributed by atoms with Gasteiger partial charge in [0.25, 0.3) is 0 Å². The van der Waals surface area contributed by atoms with Gasteiger partial charge < -0.3 is 14.3 Å². The van der Waals surface area contributed by atoms with Crippen LogP contribution in [0.3, 0.4) is 0 Å². The molecule has 0 aliphatic carbocycles. The van der Waals surface area contributed by atoms with Crippen LogP contribution in [0.5, 0.6) is 0 Å². The molecule has 0 saturated carbocycles. The van der Waals surface area contributed by atoms with Gasteiger partial charge in [0.1, 0.15) is 5.69 Å². The Kier molecular flexibility index (Phi) is 2.87. The Bertz CT molecular complexity index is 897. The van der Waals surface area contributed by atoms with E-state index in [4.69, 9.17) is 4.74 Å². The van der Waals surface area contributed by atoms with Crippen molar-refractivity contribution in [2.45, 2.75) is 27.7 Å². The van der Waals surface area contributed by atoms with Crippen LogP contribution < -0.4 is 0 Å². The Labute approximate surface area is 123 Å². The lowest BCUT2D eigenvalue weighted by Gasteiger charge is -2.04. The van der Waals surface area contributed by atoms with E-state index in [1.807, 2.05) is 6.92 Å². The van der Waals surface area contributed by atoms with Crippen LogP contribution in [0.1, 0.15) is 32.9 Å². The number of nitrogens with one attached hydrogen (secondary N) is 1. The summed E-state index contributed by atoms with van der Waals surface area (Å²) in [7, 11) is 3.48. The average molecular weight is 284 g/mol. The molecule has 0 aliphatic rings. The third-order valence-electron chi connectivity index (χ3n) is 4.74. The first-order valence-corrected chi connectivity index (χ1v) is 7.04. The zero-order chi connectivity index (χ0) is 15.5. The number of nitrogens with zero attached hydrogens (tertiary/aromatic N) is 1. The van der Waals surface area contributed by atoms with E-state index in [2.05, 4.69) is 43.4 Å². The fraction of sp³-hybridized carbons (Fsp3) is 0.353. The first-order chi connectivity index (χ1) is 9.88. The van der Waals surface area contributed by atoms with Crippen molar-refractivity contribution in [3.63, 3.8) is 0 Å². The first kappa shape index (κ1) is 13.7. The minimum atomic E-state index is -0.319. The Morgan fingerprint density at radius 1 is 1.10 bits per heavy atom. The molecule has 0 radical (unpaired) electrons. The molecule has 3 aromatic rings. The third-order valence-corrected chi connectivity index (χ3v) is 4.74. The van der Waals surface area contributed by atoms with Gasteiger partial charge in [-0.15, -0.1) is 0 Å². The quantitative estimate of drug-likeness (QED) is 0.693. The number of ether oxygens (including phenoxy) is 1. The molecule has 0 saturated heterocycles. The van der Waals surface area contributed by atoms with Gasteiger partial charge in [-0.3, -0.25) is 0 Å². The van der Waals surface area contributed by atoms with Gasteiger partial charge in [0.15, 0.2) is 0 Å². The lowest BCUT2D eigenvalue weighted by Crippen LogP contribution is -2.03. The second kappa shape index (κ2) is 4.38. The summed E-state index contributed by atoms with van der Waals surface area (Å²) in [5.74, 6) is -0.319. The van der Waals surface area contributed by atoms with E-state index in [-0.39, 0.29) is 5.97 Å². The number of rotatable bonds is 1. The number of H-pyrrole nitrogens is 1. The van der Waals surface area contributed by atoms with Gasteiger partial charge in [-0.05, 0) is 50.5 Å². The van der Waals surface area contributed by atoms with Crippen molar-refractivity contribution >= 4 is 27.8 Å². The molecule has 2 heterocycles. The second-order valence-electron chi connectivity index (χ2n) is 5.70. The molecule has 0 unspecified atom stereocenters. The van der Waals surface area contributed by atoms with E-state index >= 15 is 0 Å². The van der Waals surface area contributed by atoms with Gasteiger partial charge in [-0.1, -0.05) is 0 Å². The number of fused-ring (bicyclic) bond motifs is 2. The lowest BCUT2D eigenvalue weighted by molar-refractivity contribution is 0.0594. The molecule has 0 fully saturated rings. The van der Waals surface area contributed by atoms with Crippen molar-refractivity contribution in [1.29, 1.82) is 0 Å². The zero-order valence-corrected chi connectivity index (χ0v) is 13.3. The van der Waals surface area contributed by atoms with Gasteiger partial charge >= 0.3 is 5.97 Å². The van der Waals surface area contributed by atoms with Crippen molar-refractivity contribution in [2.75, 3.05) is 7.11 Å². The topological polar surface area (TPSA) is 47.0 Å². The summed E-state index contributed by atoms with van der Waals surface area (Å²) >= 11 is 0. The van der Waals surface area contributed by atoms with Crippen molar-refractivity contribution in [1.82, 2.24) is 9.55 Å². The summed E-state index contributed by atoms with van der Waals surface area (Å²) < 4.78 is 7.06. The highest BCUT2D eigenvalue weighted by atomic mass is 16.5. The number of carbonyl (C=O) groups excluding carboxylic acids is 1. The maximum Gasteiger partial charge on any atom is 0.354 e. The van der Waals surface area contributed by atoms with Crippen molar-refractivity contribution < 1.29 is 9.53 Å². The molecular weight excluding hydrogens is 264 g/mol. The number of methoxy groups -OCH3 is 1. The van der Waals surface area contributed by atoms with Gasteiger partial charge in [0, 0.05) is 29.0 Å². The van der Waals surface area contributed by atoms with Crippen LogP contribution in [0.4, 0.5) is 0 Å². The number of hydrogen-bond donors (Lipinski definition) is 1. The number of hydrogen-bond acceptors (Lipinski definition) is 2. The van der Waals surface area contributed by atoms with Crippen LogP contribution >= 0.6 is 0 Å². The fourth-order valence-electron chi connectivity index (χ4n) is 3.39. The van der Waals surface area contributed by atoms with E-state index < -0.39 is 0 Å². The SMILES string of the molecule is COC(=O)c1[nH]c2cc3c(c(C)c(C)n3C)c(C)c2c1C. The number of aryl methyl sites for hydroxylation is 4. The second-order valence-corrected chi connectivity index (χ2v) is 5.70. The number of carbonyl (C=O) groups is 1.